The van der Waals surface area contributed by atoms with Crippen molar-refractivity contribution in [2.24, 2.45) is 17.8 Å². The van der Waals surface area contributed by atoms with E-state index in [0.29, 0.717) is 11.8 Å². The zero-order valence-corrected chi connectivity index (χ0v) is 10.3. The Morgan fingerprint density at radius 3 is 2.65 bits per heavy atom. The lowest BCUT2D eigenvalue weighted by molar-refractivity contribution is -0.154. The number of hydrogen-bond donors (Lipinski definition) is 0. The summed E-state index contributed by atoms with van der Waals surface area (Å²) < 4.78 is 5.27. The second-order valence-corrected chi connectivity index (χ2v) is 6.15. The minimum absolute atomic E-state index is 0.0394. The van der Waals surface area contributed by atoms with Crippen molar-refractivity contribution in [3.05, 3.63) is 12.2 Å². The molecule has 92 valence electrons. The summed E-state index contributed by atoms with van der Waals surface area (Å²) in [4.78, 5) is 25.2. The van der Waals surface area contributed by atoms with Crippen molar-refractivity contribution in [1.82, 2.24) is 4.90 Å². The summed E-state index contributed by atoms with van der Waals surface area (Å²) in [5, 5.41) is 0. The van der Waals surface area contributed by atoms with Crippen LogP contribution in [0.3, 0.4) is 0 Å². The molecular weight excluding hydrogens is 218 g/mol. The van der Waals surface area contributed by atoms with Crippen molar-refractivity contribution in [2.75, 3.05) is 0 Å². The normalized spacial score (nSPS) is 38.1. The fraction of sp³-hybridized carbons (Fsp3) is 0.692. The molecule has 1 saturated carbocycles. The number of imide groups is 1. The van der Waals surface area contributed by atoms with Crippen LogP contribution < -0.4 is 0 Å². The van der Waals surface area contributed by atoms with E-state index in [-0.39, 0.29) is 17.9 Å². The summed E-state index contributed by atoms with van der Waals surface area (Å²) >= 11 is 0. The fourth-order valence-electron chi connectivity index (χ4n) is 3.23. The maximum absolute atomic E-state index is 12.0. The molecule has 2 fully saturated rings. The molecule has 3 aliphatic rings. The van der Waals surface area contributed by atoms with Crippen LogP contribution in [0.1, 0.15) is 27.2 Å². The quantitative estimate of drug-likeness (QED) is 0.476. The molecule has 1 saturated heterocycles. The summed E-state index contributed by atoms with van der Waals surface area (Å²) in [5.74, 6) is 0.699. The molecule has 2 aliphatic carbocycles. The second-order valence-electron chi connectivity index (χ2n) is 6.15. The number of carbonyl (C=O) groups excluding carboxylic acids is 2. The molecule has 0 N–H and O–H groups in total. The smallest absolute Gasteiger partial charge is 0.417 e. The molecule has 0 spiro atoms. The zero-order valence-electron chi connectivity index (χ0n) is 10.3. The molecule has 0 radical (unpaired) electrons. The van der Waals surface area contributed by atoms with E-state index >= 15 is 0 Å². The number of rotatable bonds is 0. The van der Waals surface area contributed by atoms with Gasteiger partial charge < -0.3 is 4.74 Å². The van der Waals surface area contributed by atoms with E-state index in [9.17, 15) is 9.59 Å². The largest absolute Gasteiger partial charge is 0.443 e. The van der Waals surface area contributed by atoms with Crippen molar-refractivity contribution >= 4 is 12.0 Å². The highest BCUT2D eigenvalue weighted by atomic mass is 16.6. The van der Waals surface area contributed by atoms with E-state index in [4.69, 9.17) is 4.74 Å². The van der Waals surface area contributed by atoms with Gasteiger partial charge in [0.2, 0.25) is 5.91 Å². The van der Waals surface area contributed by atoms with Crippen LogP contribution in [0, 0.1) is 17.8 Å². The molecule has 0 unspecified atom stereocenters. The maximum atomic E-state index is 12.0. The molecule has 0 aromatic carbocycles. The van der Waals surface area contributed by atoms with E-state index in [1.165, 1.54) is 4.90 Å². The van der Waals surface area contributed by atoms with E-state index in [2.05, 4.69) is 12.2 Å². The third-order valence-electron chi connectivity index (χ3n) is 3.83. The Morgan fingerprint density at radius 2 is 2.00 bits per heavy atom. The highest BCUT2D eigenvalue weighted by Gasteiger charge is 2.62. The molecule has 4 nitrogen and oxygen atoms in total. The molecular formula is C13H17NO3. The van der Waals surface area contributed by atoms with Crippen molar-refractivity contribution < 1.29 is 14.3 Å². The number of allylic oxidation sites excluding steroid dienone is 1. The predicted molar refractivity (Wildman–Crippen MR) is 61.1 cm³/mol. The monoisotopic (exact) mass is 235 g/mol. The number of β-lactam (4-membered cyclic amide) rings is 1. The van der Waals surface area contributed by atoms with Crippen molar-refractivity contribution in [3.63, 3.8) is 0 Å². The van der Waals surface area contributed by atoms with Gasteiger partial charge in [-0.25, -0.2) is 9.69 Å². The Bertz CT molecular complexity index is 421. The topological polar surface area (TPSA) is 46.6 Å². The highest BCUT2D eigenvalue weighted by molar-refractivity contribution is 6.00. The van der Waals surface area contributed by atoms with Gasteiger partial charge in [-0.3, -0.25) is 4.79 Å². The minimum atomic E-state index is -0.546. The molecule has 3 rings (SSSR count). The number of fused-ring (bicyclic) bond motifs is 5. The van der Waals surface area contributed by atoms with Gasteiger partial charge in [0.05, 0.1) is 12.0 Å². The van der Waals surface area contributed by atoms with Gasteiger partial charge in [0.1, 0.15) is 5.60 Å². The second kappa shape index (κ2) is 3.12. The third kappa shape index (κ3) is 1.43. The zero-order chi connectivity index (χ0) is 12.4. The number of likely N-dealkylation sites (tertiary alicyclic amines) is 1. The maximum Gasteiger partial charge on any atom is 0.417 e. The minimum Gasteiger partial charge on any atom is -0.443 e. The van der Waals surface area contributed by atoms with Crippen LogP contribution in [0.25, 0.3) is 0 Å². The third-order valence-corrected chi connectivity index (χ3v) is 3.83. The van der Waals surface area contributed by atoms with Crippen LogP contribution in [0.15, 0.2) is 12.2 Å². The van der Waals surface area contributed by atoms with Crippen LogP contribution >= 0.6 is 0 Å². The number of nitrogens with zero attached hydrogens (tertiary/aromatic N) is 1. The molecule has 2 bridgehead atoms. The molecule has 17 heavy (non-hydrogen) atoms. The first-order chi connectivity index (χ1) is 7.88. The van der Waals surface area contributed by atoms with Gasteiger partial charge in [0, 0.05) is 0 Å². The van der Waals surface area contributed by atoms with Crippen molar-refractivity contribution in [3.8, 4) is 0 Å². The van der Waals surface area contributed by atoms with E-state index in [0.717, 1.165) is 6.42 Å². The number of amides is 2. The molecule has 4 heteroatoms. The molecule has 1 aliphatic heterocycles. The Hall–Kier alpha value is -1.32. The van der Waals surface area contributed by atoms with Crippen LogP contribution in [0.5, 0.6) is 0 Å². The van der Waals surface area contributed by atoms with Gasteiger partial charge in [0.25, 0.3) is 0 Å². The first-order valence-corrected chi connectivity index (χ1v) is 6.13. The summed E-state index contributed by atoms with van der Waals surface area (Å²) in [6.07, 6.45) is 4.79. The number of ether oxygens (including phenoxy) is 1. The molecule has 4 atom stereocenters. The standard InChI is InChI=1S/C13H17NO3/c1-13(2,3)17-12(16)14-10-8-5-4-7(6-8)9(10)11(14)15/h4-5,7-10H,6H2,1-3H3/t7-,8+,9+,10+/m1/s1. The average Bonchev–Trinajstić information content (AvgIpc) is 2.70. The SMILES string of the molecule is CC(C)(C)OC(=O)N1C(=O)[C@@H]2[C@@H]1[C@H]1C=C[C@@H]2C1. The highest BCUT2D eigenvalue weighted by Crippen LogP contribution is 2.52. The van der Waals surface area contributed by atoms with E-state index in [1.54, 1.807) is 0 Å². The van der Waals surface area contributed by atoms with Crippen LogP contribution in [-0.4, -0.2) is 28.5 Å². The molecule has 1 heterocycles. The Balaban J connectivity index is 1.76. The Morgan fingerprint density at radius 1 is 1.35 bits per heavy atom. The van der Waals surface area contributed by atoms with E-state index in [1.807, 2.05) is 20.8 Å². The van der Waals surface area contributed by atoms with Gasteiger partial charge in [-0.05, 0) is 39.0 Å². The summed E-state index contributed by atoms with van der Waals surface area (Å²) in [6.45, 7) is 5.44. The van der Waals surface area contributed by atoms with E-state index < -0.39 is 11.7 Å². The van der Waals surface area contributed by atoms with Crippen LogP contribution in [0.2, 0.25) is 0 Å². The van der Waals surface area contributed by atoms with Gasteiger partial charge in [-0.1, -0.05) is 12.2 Å². The Labute approximate surface area is 101 Å². The summed E-state index contributed by atoms with van der Waals surface area (Å²) in [6, 6.07) is 0.0624. The van der Waals surface area contributed by atoms with Gasteiger partial charge in [0.15, 0.2) is 0 Å². The average molecular weight is 235 g/mol. The van der Waals surface area contributed by atoms with Crippen LogP contribution in [0.4, 0.5) is 4.79 Å². The Kier molecular flexibility index (Phi) is 1.98. The van der Waals surface area contributed by atoms with Crippen molar-refractivity contribution in [1.29, 1.82) is 0 Å². The van der Waals surface area contributed by atoms with Gasteiger partial charge in [-0.2, -0.15) is 0 Å². The summed E-state index contributed by atoms with van der Waals surface area (Å²) in [7, 11) is 0. The van der Waals surface area contributed by atoms with Gasteiger partial charge >= 0.3 is 6.09 Å². The van der Waals surface area contributed by atoms with Gasteiger partial charge in [-0.15, -0.1) is 0 Å². The molecule has 0 aromatic rings. The molecule has 2 amide bonds. The first kappa shape index (κ1) is 10.8. The lowest BCUT2D eigenvalue weighted by atomic mass is 9.80. The number of hydrogen-bond acceptors (Lipinski definition) is 3. The van der Waals surface area contributed by atoms with Crippen molar-refractivity contribution in [2.45, 2.75) is 38.8 Å². The lowest BCUT2D eigenvalue weighted by Crippen LogP contribution is -2.65. The number of carbonyl (C=O) groups is 2. The molecule has 0 aromatic heterocycles. The first-order valence-electron chi connectivity index (χ1n) is 6.13. The van der Waals surface area contributed by atoms with Crippen LogP contribution in [-0.2, 0) is 9.53 Å². The summed E-state index contributed by atoms with van der Waals surface area (Å²) in [5.41, 5.74) is -0.546. The lowest BCUT2D eigenvalue weighted by Gasteiger charge is -2.46. The fourth-order valence-corrected chi connectivity index (χ4v) is 3.23. The predicted octanol–water partition coefficient (Wildman–Crippen LogP) is 1.95.